The number of benzene rings is 1. The first-order valence-electron chi connectivity index (χ1n) is 5.53. The van der Waals surface area contributed by atoms with Crippen LogP contribution in [0.3, 0.4) is 0 Å². The van der Waals surface area contributed by atoms with E-state index in [-0.39, 0.29) is 11.9 Å². The lowest BCUT2D eigenvalue weighted by Crippen LogP contribution is -2.05. The Labute approximate surface area is 100 Å². The Bertz CT molecular complexity index is 406. The summed E-state index contributed by atoms with van der Waals surface area (Å²) >= 11 is 6.08. The van der Waals surface area contributed by atoms with Gasteiger partial charge in [-0.25, -0.2) is 0 Å². The van der Waals surface area contributed by atoms with Gasteiger partial charge in [-0.1, -0.05) is 11.6 Å². The number of rotatable bonds is 3. The largest absolute Gasteiger partial charge is 0.506 e. The number of nitrogens with two attached hydrogens (primary N) is 1. The molecule has 1 aromatic rings. The number of hydrogen-bond donors (Lipinski definition) is 2. The average molecular weight is 242 g/mol. The molecule has 0 bridgehead atoms. The zero-order valence-electron chi connectivity index (χ0n) is 9.29. The van der Waals surface area contributed by atoms with Crippen LogP contribution in [0.2, 0.25) is 5.02 Å². The maximum Gasteiger partial charge on any atom is 0.145 e. The molecule has 16 heavy (non-hydrogen) atoms. The summed E-state index contributed by atoms with van der Waals surface area (Å²) < 4.78 is 5.56. The highest BCUT2D eigenvalue weighted by molar-refractivity contribution is 6.33. The van der Waals surface area contributed by atoms with Crippen LogP contribution in [0.25, 0.3) is 0 Å². The third kappa shape index (κ3) is 1.97. The lowest BCUT2D eigenvalue weighted by Gasteiger charge is -2.10. The van der Waals surface area contributed by atoms with Crippen LogP contribution < -0.4 is 10.5 Å². The van der Waals surface area contributed by atoms with Gasteiger partial charge in [0.25, 0.3) is 0 Å². The Kier molecular flexibility index (Phi) is 3.26. The summed E-state index contributed by atoms with van der Waals surface area (Å²) in [6.07, 6.45) is 2.59. The Hall–Kier alpha value is -0.930. The number of phenolic OH excluding ortho intramolecular Hbond substituents is 1. The van der Waals surface area contributed by atoms with E-state index in [0.29, 0.717) is 17.3 Å². The molecular weight excluding hydrogens is 226 g/mol. The average Bonchev–Trinajstić information content (AvgIpc) is 2.62. The molecule has 4 heteroatoms. The molecule has 0 saturated heterocycles. The van der Waals surface area contributed by atoms with E-state index in [2.05, 4.69) is 0 Å². The first-order valence-corrected chi connectivity index (χ1v) is 5.91. The van der Waals surface area contributed by atoms with E-state index in [1.54, 1.807) is 0 Å². The second kappa shape index (κ2) is 4.52. The summed E-state index contributed by atoms with van der Waals surface area (Å²) in [5.74, 6) is 0.783. The van der Waals surface area contributed by atoms with Crippen LogP contribution in [0, 0.1) is 0 Å². The minimum atomic E-state index is 0.136. The summed E-state index contributed by atoms with van der Waals surface area (Å²) in [7, 11) is 0. The van der Waals surface area contributed by atoms with Gasteiger partial charge in [-0.05, 0) is 43.5 Å². The monoisotopic (exact) mass is 241 g/mol. The topological polar surface area (TPSA) is 55.5 Å². The van der Waals surface area contributed by atoms with Crippen LogP contribution >= 0.6 is 11.6 Å². The summed E-state index contributed by atoms with van der Waals surface area (Å²) in [4.78, 5) is 0. The molecule has 1 atom stereocenters. The third-order valence-corrected chi connectivity index (χ3v) is 3.18. The molecule has 0 spiro atoms. The van der Waals surface area contributed by atoms with E-state index in [4.69, 9.17) is 22.1 Å². The van der Waals surface area contributed by atoms with Crippen molar-refractivity contribution in [3.05, 3.63) is 22.2 Å². The fraction of sp³-hybridized carbons (Fsp3) is 0.500. The van der Waals surface area contributed by atoms with Crippen LogP contribution in [0.4, 0.5) is 0 Å². The van der Waals surface area contributed by atoms with Gasteiger partial charge in [0, 0.05) is 6.42 Å². The molecule has 0 radical (unpaired) electrons. The SMILES string of the molecule is CC1Cc2cc(CCCN)c(O)c(Cl)c2O1. The molecule has 1 unspecified atom stereocenters. The highest BCUT2D eigenvalue weighted by Gasteiger charge is 2.25. The maximum atomic E-state index is 9.92. The van der Waals surface area contributed by atoms with Gasteiger partial charge in [0.05, 0.1) is 0 Å². The molecule has 1 heterocycles. The van der Waals surface area contributed by atoms with E-state index >= 15 is 0 Å². The highest BCUT2D eigenvalue weighted by Crippen LogP contribution is 2.43. The molecule has 2 rings (SSSR count). The number of fused-ring (bicyclic) bond motifs is 1. The number of halogens is 1. The predicted molar refractivity (Wildman–Crippen MR) is 64.3 cm³/mol. The van der Waals surface area contributed by atoms with Gasteiger partial charge in [0.2, 0.25) is 0 Å². The lowest BCUT2D eigenvalue weighted by molar-refractivity contribution is 0.254. The molecule has 0 saturated carbocycles. The molecule has 0 amide bonds. The Balaban J connectivity index is 2.36. The van der Waals surface area contributed by atoms with Crippen molar-refractivity contribution in [2.45, 2.75) is 32.3 Å². The molecule has 0 fully saturated rings. The number of aromatic hydroxyl groups is 1. The standard InChI is InChI=1S/C12H16ClNO2/c1-7-5-9-6-8(3-2-4-14)11(15)10(13)12(9)16-7/h6-7,15H,2-5,14H2,1H3. The van der Waals surface area contributed by atoms with Crippen molar-refractivity contribution in [2.24, 2.45) is 5.73 Å². The molecule has 88 valence electrons. The fourth-order valence-electron chi connectivity index (χ4n) is 2.05. The van der Waals surface area contributed by atoms with E-state index in [1.165, 1.54) is 0 Å². The van der Waals surface area contributed by atoms with Crippen LogP contribution in [-0.2, 0) is 12.8 Å². The van der Waals surface area contributed by atoms with Crippen molar-refractivity contribution in [2.75, 3.05) is 6.54 Å². The lowest BCUT2D eigenvalue weighted by atomic mass is 10.0. The summed E-state index contributed by atoms with van der Waals surface area (Å²) in [5.41, 5.74) is 7.41. The van der Waals surface area contributed by atoms with Crippen LogP contribution in [-0.4, -0.2) is 17.8 Å². The van der Waals surface area contributed by atoms with Gasteiger partial charge in [-0.15, -0.1) is 0 Å². The van der Waals surface area contributed by atoms with Crippen molar-refractivity contribution in [1.82, 2.24) is 0 Å². The van der Waals surface area contributed by atoms with Gasteiger partial charge in [-0.2, -0.15) is 0 Å². The van der Waals surface area contributed by atoms with Gasteiger partial charge in [0.1, 0.15) is 22.6 Å². The van der Waals surface area contributed by atoms with Crippen molar-refractivity contribution < 1.29 is 9.84 Å². The van der Waals surface area contributed by atoms with E-state index < -0.39 is 0 Å². The van der Waals surface area contributed by atoms with Crippen LogP contribution in [0.1, 0.15) is 24.5 Å². The van der Waals surface area contributed by atoms with Gasteiger partial charge in [-0.3, -0.25) is 0 Å². The Morgan fingerprint density at radius 2 is 2.38 bits per heavy atom. The second-order valence-corrected chi connectivity index (χ2v) is 4.59. The maximum absolute atomic E-state index is 9.92. The van der Waals surface area contributed by atoms with Crippen molar-refractivity contribution in [3.63, 3.8) is 0 Å². The molecule has 1 aliphatic rings. The van der Waals surface area contributed by atoms with Crippen molar-refractivity contribution in [1.29, 1.82) is 0 Å². The molecular formula is C12H16ClNO2. The van der Waals surface area contributed by atoms with E-state index in [1.807, 2.05) is 13.0 Å². The third-order valence-electron chi connectivity index (χ3n) is 2.83. The molecule has 3 N–H and O–H groups in total. The Morgan fingerprint density at radius 1 is 1.62 bits per heavy atom. The Morgan fingerprint density at radius 3 is 3.06 bits per heavy atom. The number of ether oxygens (including phenoxy) is 1. The fourth-order valence-corrected chi connectivity index (χ4v) is 2.34. The highest BCUT2D eigenvalue weighted by atomic mass is 35.5. The number of aryl methyl sites for hydroxylation is 1. The first-order chi connectivity index (χ1) is 7.63. The zero-order chi connectivity index (χ0) is 11.7. The zero-order valence-corrected chi connectivity index (χ0v) is 10.0. The molecule has 0 aliphatic carbocycles. The number of phenols is 1. The molecule has 0 aromatic heterocycles. The molecule has 1 aliphatic heterocycles. The predicted octanol–water partition coefficient (Wildman–Crippen LogP) is 2.26. The first kappa shape index (κ1) is 11.6. The van der Waals surface area contributed by atoms with E-state index in [0.717, 1.165) is 30.4 Å². The second-order valence-electron chi connectivity index (χ2n) is 4.21. The quantitative estimate of drug-likeness (QED) is 0.854. The summed E-state index contributed by atoms with van der Waals surface area (Å²) in [6.45, 7) is 2.61. The van der Waals surface area contributed by atoms with Gasteiger partial charge < -0.3 is 15.6 Å². The molecule has 1 aromatic carbocycles. The van der Waals surface area contributed by atoms with Gasteiger partial charge in [0.15, 0.2) is 0 Å². The minimum absolute atomic E-state index is 0.136. The number of hydrogen-bond acceptors (Lipinski definition) is 3. The van der Waals surface area contributed by atoms with Crippen molar-refractivity contribution in [3.8, 4) is 11.5 Å². The normalized spacial score (nSPS) is 18.3. The smallest absolute Gasteiger partial charge is 0.145 e. The summed E-state index contributed by atoms with van der Waals surface area (Å²) in [6, 6.07) is 1.98. The minimum Gasteiger partial charge on any atom is -0.506 e. The molecule has 3 nitrogen and oxygen atoms in total. The summed E-state index contributed by atoms with van der Waals surface area (Å²) in [5, 5.41) is 10.3. The van der Waals surface area contributed by atoms with Gasteiger partial charge >= 0.3 is 0 Å². The van der Waals surface area contributed by atoms with E-state index in [9.17, 15) is 5.11 Å². The van der Waals surface area contributed by atoms with Crippen LogP contribution in [0.15, 0.2) is 6.07 Å². The van der Waals surface area contributed by atoms with Crippen LogP contribution in [0.5, 0.6) is 11.5 Å². The van der Waals surface area contributed by atoms with Crippen molar-refractivity contribution >= 4 is 11.6 Å².